The molecule has 0 aliphatic heterocycles. The minimum absolute atomic E-state index is 0.0858. The van der Waals surface area contributed by atoms with E-state index in [0.717, 1.165) is 13.1 Å². The molecule has 4 aromatic carbocycles. The Kier molecular flexibility index (Phi) is 8.00. The largest absolute Gasteiger partial charge is 0.309 e. The Hall–Kier alpha value is -3.16. The number of benzene rings is 4. The Morgan fingerprint density at radius 3 is 1.10 bits per heavy atom. The molecule has 0 aliphatic rings. The topological polar surface area (TPSA) is 12.0 Å². The van der Waals surface area contributed by atoms with Crippen LogP contribution in [0.3, 0.4) is 0 Å². The van der Waals surface area contributed by atoms with Gasteiger partial charge in [0.25, 0.3) is 0 Å². The highest BCUT2D eigenvalue weighted by atomic mass is 14.8. The van der Waals surface area contributed by atoms with Crippen LogP contribution in [-0.4, -0.2) is 0 Å². The third-order valence-corrected chi connectivity index (χ3v) is 5.33. The van der Waals surface area contributed by atoms with Crippen LogP contribution in [0.1, 0.15) is 36.1 Å². The van der Waals surface area contributed by atoms with Crippen molar-refractivity contribution in [2.24, 2.45) is 0 Å². The van der Waals surface area contributed by atoms with Gasteiger partial charge in [-0.1, -0.05) is 135 Å². The van der Waals surface area contributed by atoms with E-state index >= 15 is 0 Å². The van der Waals surface area contributed by atoms with Gasteiger partial charge in [-0.2, -0.15) is 0 Å². The Morgan fingerprint density at radius 2 is 0.767 bits per heavy atom. The van der Waals surface area contributed by atoms with E-state index in [2.05, 4.69) is 128 Å². The van der Waals surface area contributed by atoms with E-state index in [1.807, 2.05) is 12.1 Å². The molecule has 0 bridgehead atoms. The van der Waals surface area contributed by atoms with E-state index in [0.29, 0.717) is 0 Å². The summed E-state index contributed by atoms with van der Waals surface area (Å²) in [5, 5.41) is 3.42. The second-order valence-corrected chi connectivity index (χ2v) is 7.93. The van der Waals surface area contributed by atoms with Gasteiger partial charge in [0, 0.05) is 18.5 Å². The zero-order valence-electron chi connectivity index (χ0n) is 18.0. The molecule has 152 valence electrons. The second-order valence-electron chi connectivity index (χ2n) is 7.93. The van der Waals surface area contributed by atoms with Gasteiger partial charge in [-0.3, -0.25) is 0 Å². The van der Waals surface area contributed by atoms with Crippen LogP contribution >= 0.6 is 0 Å². The van der Waals surface area contributed by atoms with Crippen molar-refractivity contribution in [1.82, 2.24) is 5.32 Å². The SMILES string of the molecule is CC(C)(c1ccccc1)c1ccccc1.c1ccc(CNCc2ccccc2)cc1. The van der Waals surface area contributed by atoms with Gasteiger partial charge in [-0.15, -0.1) is 0 Å². The van der Waals surface area contributed by atoms with Gasteiger partial charge < -0.3 is 5.32 Å². The first kappa shape index (κ1) is 21.5. The molecule has 0 saturated heterocycles. The second kappa shape index (κ2) is 11.1. The summed E-state index contributed by atoms with van der Waals surface area (Å²) in [7, 11) is 0. The fourth-order valence-corrected chi connectivity index (χ4v) is 3.42. The molecule has 0 aliphatic carbocycles. The van der Waals surface area contributed by atoms with Crippen LogP contribution in [0.15, 0.2) is 121 Å². The van der Waals surface area contributed by atoms with Crippen LogP contribution < -0.4 is 5.32 Å². The Balaban J connectivity index is 0.000000171. The standard InChI is InChI=1S/C15H16.C14H15N/c1-15(2,13-9-5-3-6-10-13)14-11-7-4-8-12-14;1-3-7-13(8-4-1)11-15-12-14-9-5-2-6-10-14/h3-12H,1-2H3;1-10,15H,11-12H2. The van der Waals surface area contributed by atoms with Crippen molar-refractivity contribution in [1.29, 1.82) is 0 Å². The predicted molar refractivity (Wildman–Crippen MR) is 128 cm³/mol. The molecule has 0 saturated carbocycles. The number of hydrogen-bond acceptors (Lipinski definition) is 1. The zero-order chi connectivity index (χ0) is 21.1. The van der Waals surface area contributed by atoms with E-state index in [4.69, 9.17) is 0 Å². The lowest BCUT2D eigenvalue weighted by molar-refractivity contribution is 0.641. The maximum absolute atomic E-state index is 3.42. The van der Waals surface area contributed by atoms with Gasteiger partial charge in [0.1, 0.15) is 0 Å². The van der Waals surface area contributed by atoms with Gasteiger partial charge in [0.05, 0.1) is 0 Å². The first-order valence-corrected chi connectivity index (χ1v) is 10.6. The summed E-state index contributed by atoms with van der Waals surface area (Å²) in [6.45, 7) is 6.38. The quantitative estimate of drug-likeness (QED) is 0.372. The maximum Gasteiger partial charge on any atom is 0.0208 e. The predicted octanol–water partition coefficient (Wildman–Crippen LogP) is 6.99. The van der Waals surface area contributed by atoms with E-state index in [9.17, 15) is 0 Å². The van der Waals surface area contributed by atoms with Crippen molar-refractivity contribution in [3.63, 3.8) is 0 Å². The van der Waals surface area contributed by atoms with Crippen LogP contribution in [-0.2, 0) is 18.5 Å². The summed E-state index contributed by atoms with van der Waals surface area (Å²) in [6.07, 6.45) is 0. The highest BCUT2D eigenvalue weighted by Gasteiger charge is 2.21. The summed E-state index contributed by atoms with van der Waals surface area (Å²) < 4.78 is 0. The molecular formula is C29H31N. The fourth-order valence-electron chi connectivity index (χ4n) is 3.42. The van der Waals surface area contributed by atoms with Crippen molar-refractivity contribution < 1.29 is 0 Å². The summed E-state index contributed by atoms with van der Waals surface area (Å²) in [5.74, 6) is 0. The monoisotopic (exact) mass is 393 g/mol. The highest BCUT2D eigenvalue weighted by Crippen LogP contribution is 2.30. The zero-order valence-corrected chi connectivity index (χ0v) is 18.0. The van der Waals surface area contributed by atoms with E-state index < -0.39 is 0 Å². The van der Waals surface area contributed by atoms with E-state index in [-0.39, 0.29) is 5.41 Å². The lowest BCUT2D eigenvalue weighted by Crippen LogP contribution is -2.18. The van der Waals surface area contributed by atoms with Crippen molar-refractivity contribution in [3.05, 3.63) is 144 Å². The Bertz CT molecular complexity index is 881. The normalized spacial score (nSPS) is 10.7. The van der Waals surface area contributed by atoms with Gasteiger partial charge in [-0.25, -0.2) is 0 Å². The lowest BCUT2D eigenvalue weighted by Gasteiger charge is -2.25. The van der Waals surface area contributed by atoms with Crippen LogP contribution in [0.25, 0.3) is 0 Å². The first-order chi connectivity index (χ1) is 14.7. The molecular weight excluding hydrogens is 362 g/mol. The summed E-state index contributed by atoms with van der Waals surface area (Å²) >= 11 is 0. The van der Waals surface area contributed by atoms with Gasteiger partial charge in [-0.05, 0) is 22.3 Å². The fraction of sp³-hybridized carbons (Fsp3) is 0.172. The van der Waals surface area contributed by atoms with Crippen LogP contribution in [0, 0.1) is 0 Å². The Labute approximate surface area is 181 Å². The molecule has 1 nitrogen and oxygen atoms in total. The minimum atomic E-state index is 0.0858. The first-order valence-electron chi connectivity index (χ1n) is 10.6. The molecule has 4 rings (SSSR count). The molecule has 0 heterocycles. The van der Waals surface area contributed by atoms with E-state index in [1.54, 1.807) is 0 Å². The number of nitrogens with one attached hydrogen (secondary N) is 1. The minimum Gasteiger partial charge on any atom is -0.309 e. The Morgan fingerprint density at radius 1 is 0.467 bits per heavy atom. The molecule has 1 N–H and O–H groups in total. The van der Waals surface area contributed by atoms with Crippen LogP contribution in [0.5, 0.6) is 0 Å². The van der Waals surface area contributed by atoms with Crippen molar-refractivity contribution in [3.8, 4) is 0 Å². The van der Waals surface area contributed by atoms with Gasteiger partial charge in [0.2, 0.25) is 0 Å². The van der Waals surface area contributed by atoms with E-state index in [1.165, 1.54) is 22.3 Å². The summed E-state index contributed by atoms with van der Waals surface area (Å²) in [4.78, 5) is 0. The average molecular weight is 394 g/mol. The molecule has 0 aromatic heterocycles. The maximum atomic E-state index is 3.42. The molecule has 0 unspecified atom stereocenters. The van der Waals surface area contributed by atoms with Gasteiger partial charge >= 0.3 is 0 Å². The lowest BCUT2D eigenvalue weighted by atomic mass is 9.78. The average Bonchev–Trinajstić information content (AvgIpc) is 2.82. The smallest absolute Gasteiger partial charge is 0.0208 e. The molecule has 4 aromatic rings. The summed E-state index contributed by atoms with van der Waals surface area (Å²) in [6, 6.07) is 42.2. The number of hydrogen-bond donors (Lipinski definition) is 1. The van der Waals surface area contributed by atoms with Crippen molar-refractivity contribution in [2.75, 3.05) is 0 Å². The highest BCUT2D eigenvalue weighted by molar-refractivity contribution is 5.36. The molecule has 0 radical (unpaired) electrons. The molecule has 0 amide bonds. The van der Waals surface area contributed by atoms with Crippen LogP contribution in [0.4, 0.5) is 0 Å². The number of rotatable bonds is 6. The molecule has 0 spiro atoms. The van der Waals surface area contributed by atoms with Crippen molar-refractivity contribution >= 4 is 0 Å². The molecule has 0 atom stereocenters. The third kappa shape index (κ3) is 6.43. The molecule has 1 heteroatoms. The van der Waals surface area contributed by atoms with Gasteiger partial charge in [0.15, 0.2) is 0 Å². The van der Waals surface area contributed by atoms with Crippen LogP contribution in [0.2, 0.25) is 0 Å². The summed E-state index contributed by atoms with van der Waals surface area (Å²) in [5.41, 5.74) is 5.46. The third-order valence-electron chi connectivity index (χ3n) is 5.33. The molecule has 30 heavy (non-hydrogen) atoms. The van der Waals surface area contributed by atoms with Crippen molar-refractivity contribution in [2.45, 2.75) is 32.4 Å². The molecule has 0 fully saturated rings.